The van der Waals surface area contributed by atoms with E-state index in [0.29, 0.717) is 22.5 Å². The van der Waals surface area contributed by atoms with Crippen LogP contribution in [0.25, 0.3) is 11.4 Å². The maximum atomic E-state index is 11.1. The molecule has 0 radical (unpaired) electrons. The largest absolute Gasteiger partial charge is 0.280 e. The summed E-state index contributed by atoms with van der Waals surface area (Å²) in [5, 5.41) is 11.5. The Morgan fingerprint density at radius 1 is 1.33 bits per heavy atom. The molecule has 5 nitrogen and oxygen atoms in total. The molecule has 0 saturated heterocycles. The highest BCUT2D eigenvalue weighted by atomic mass is 127. The van der Waals surface area contributed by atoms with Crippen molar-refractivity contribution in [1.29, 1.82) is 0 Å². The Labute approximate surface area is 141 Å². The van der Waals surface area contributed by atoms with Crippen LogP contribution in [0.15, 0.2) is 24.3 Å². The van der Waals surface area contributed by atoms with Crippen molar-refractivity contribution in [3.8, 4) is 11.4 Å². The van der Waals surface area contributed by atoms with Gasteiger partial charge in [-0.05, 0) is 41.0 Å². The van der Waals surface area contributed by atoms with E-state index in [1.54, 1.807) is 18.2 Å². The number of nitro groups is 1. The number of nitro benzene ring substituents is 1. The molecule has 0 atom stereocenters. The maximum absolute atomic E-state index is 11.1. The third-order valence-electron chi connectivity index (χ3n) is 2.82. The molecular weight excluding hydrogens is 405 g/mol. The zero-order valence-electron chi connectivity index (χ0n) is 11.5. The minimum atomic E-state index is -0.438. The van der Waals surface area contributed by atoms with Gasteiger partial charge in [-0.15, -0.1) is 0 Å². The van der Waals surface area contributed by atoms with Crippen LogP contribution in [0.1, 0.15) is 19.5 Å². The zero-order chi connectivity index (χ0) is 15.6. The lowest BCUT2D eigenvalue weighted by Gasteiger charge is -2.10. The van der Waals surface area contributed by atoms with Gasteiger partial charge in [-0.25, -0.2) is 9.97 Å². The zero-order valence-corrected chi connectivity index (χ0v) is 14.4. The molecule has 2 aromatic rings. The number of para-hydroxylation sites is 1. The van der Waals surface area contributed by atoms with Crippen molar-refractivity contribution in [2.24, 2.45) is 5.92 Å². The molecule has 0 saturated carbocycles. The number of nitrogens with zero attached hydrogens (tertiary/aromatic N) is 3. The first-order valence-electron chi connectivity index (χ1n) is 6.35. The predicted octanol–water partition coefficient (Wildman–Crippen LogP) is 4.51. The molecule has 0 fully saturated rings. The van der Waals surface area contributed by atoms with Gasteiger partial charge in [0.1, 0.15) is 5.15 Å². The summed E-state index contributed by atoms with van der Waals surface area (Å²) in [4.78, 5) is 19.4. The fourth-order valence-corrected chi connectivity index (χ4v) is 2.58. The third-order valence-corrected chi connectivity index (χ3v) is 4.55. The highest BCUT2D eigenvalue weighted by molar-refractivity contribution is 14.1. The quantitative estimate of drug-likeness (QED) is 0.318. The Morgan fingerprint density at radius 3 is 2.62 bits per heavy atom. The monoisotopic (exact) mass is 417 g/mol. The molecule has 0 amide bonds. The van der Waals surface area contributed by atoms with E-state index in [1.807, 2.05) is 0 Å². The van der Waals surface area contributed by atoms with Gasteiger partial charge in [-0.2, -0.15) is 0 Å². The summed E-state index contributed by atoms with van der Waals surface area (Å²) in [7, 11) is 0. The van der Waals surface area contributed by atoms with E-state index in [1.165, 1.54) is 6.07 Å². The highest BCUT2D eigenvalue weighted by Gasteiger charge is 2.19. The van der Waals surface area contributed by atoms with Gasteiger partial charge < -0.3 is 0 Å². The summed E-state index contributed by atoms with van der Waals surface area (Å²) in [5.74, 6) is 0.700. The maximum Gasteiger partial charge on any atom is 0.280 e. The number of rotatable bonds is 4. The second-order valence-corrected chi connectivity index (χ2v) is 6.41. The van der Waals surface area contributed by atoms with E-state index >= 15 is 0 Å². The predicted molar refractivity (Wildman–Crippen MR) is 90.4 cm³/mol. The van der Waals surface area contributed by atoms with Crippen molar-refractivity contribution in [3.05, 3.63) is 48.8 Å². The first-order valence-corrected chi connectivity index (χ1v) is 7.81. The summed E-state index contributed by atoms with van der Waals surface area (Å²) in [5.41, 5.74) is 1.18. The summed E-state index contributed by atoms with van der Waals surface area (Å²) < 4.78 is 0.797. The van der Waals surface area contributed by atoms with E-state index in [2.05, 4.69) is 46.4 Å². The molecule has 110 valence electrons. The van der Waals surface area contributed by atoms with Gasteiger partial charge in [-0.3, -0.25) is 10.1 Å². The van der Waals surface area contributed by atoms with Gasteiger partial charge in [0.15, 0.2) is 5.82 Å². The lowest BCUT2D eigenvalue weighted by Crippen LogP contribution is -2.05. The van der Waals surface area contributed by atoms with E-state index in [4.69, 9.17) is 11.6 Å². The molecule has 0 aliphatic carbocycles. The Morgan fingerprint density at radius 2 is 2.00 bits per heavy atom. The molecule has 1 aromatic heterocycles. The highest BCUT2D eigenvalue weighted by Crippen LogP contribution is 2.30. The first-order chi connectivity index (χ1) is 9.90. The molecular formula is C14H13ClIN3O2. The van der Waals surface area contributed by atoms with Crippen molar-refractivity contribution < 1.29 is 4.92 Å². The van der Waals surface area contributed by atoms with Crippen LogP contribution in [0.3, 0.4) is 0 Å². The molecule has 7 heteroatoms. The van der Waals surface area contributed by atoms with Crippen LogP contribution in [0, 0.1) is 19.6 Å². The second kappa shape index (κ2) is 6.65. The number of hydrogen-bond acceptors (Lipinski definition) is 4. The van der Waals surface area contributed by atoms with Gasteiger partial charge in [0.25, 0.3) is 5.69 Å². The minimum Gasteiger partial charge on any atom is -0.258 e. The Kier molecular flexibility index (Phi) is 5.10. The topological polar surface area (TPSA) is 68.9 Å². The minimum absolute atomic E-state index is 0.0229. The van der Waals surface area contributed by atoms with E-state index in [-0.39, 0.29) is 5.69 Å². The van der Waals surface area contributed by atoms with Crippen LogP contribution in [0.4, 0.5) is 5.69 Å². The first kappa shape index (κ1) is 16.1. The van der Waals surface area contributed by atoms with Gasteiger partial charge >= 0.3 is 0 Å². The van der Waals surface area contributed by atoms with Crippen LogP contribution in [-0.2, 0) is 6.42 Å². The standard InChI is InChI=1S/C14H13ClIN3O2/c1-8(2)7-10-12(16)13(15)18-14(17-10)9-5-3-4-6-11(9)19(20)21/h3-6,8H,7H2,1-2H3. The smallest absolute Gasteiger partial charge is 0.258 e. The third kappa shape index (κ3) is 3.68. The van der Waals surface area contributed by atoms with E-state index in [9.17, 15) is 10.1 Å². The molecule has 1 aromatic carbocycles. The van der Waals surface area contributed by atoms with E-state index in [0.717, 1.165) is 15.7 Å². The van der Waals surface area contributed by atoms with Crippen molar-refractivity contribution in [1.82, 2.24) is 9.97 Å². The van der Waals surface area contributed by atoms with Gasteiger partial charge in [0.2, 0.25) is 0 Å². The fourth-order valence-electron chi connectivity index (χ4n) is 1.93. The second-order valence-electron chi connectivity index (χ2n) is 4.97. The van der Waals surface area contributed by atoms with Crippen molar-refractivity contribution in [2.45, 2.75) is 20.3 Å². The molecule has 0 aliphatic heterocycles. The Bertz CT molecular complexity index is 692. The van der Waals surface area contributed by atoms with E-state index < -0.39 is 4.92 Å². The molecule has 0 N–H and O–H groups in total. The van der Waals surface area contributed by atoms with Gasteiger partial charge in [0.05, 0.1) is 19.8 Å². The summed E-state index contributed by atoms with van der Waals surface area (Å²) in [6.45, 7) is 4.16. The average molecular weight is 418 g/mol. The van der Waals surface area contributed by atoms with Crippen LogP contribution < -0.4 is 0 Å². The molecule has 2 rings (SSSR count). The van der Waals surface area contributed by atoms with Crippen molar-refractivity contribution >= 4 is 39.9 Å². The molecule has 0 spiro atoms. The van der Waals surface area contributed by atoms with Gasteiger partial charge in [0, 0.05) is 6.07 Å². The normalized spacial score (nSPS) is 10.9. The van der Waals surface area contributed by atoms with Crippen LogP contribution in [0.2, 0.25) is 5.15 Å². The number of aromatic nitrogens is 2. The molecule has 21 heavy (non-hydrogen) atoms. The SMILES string of the molecule is CC(C)Cc1nc(-c2ccccc2[N+](=O)[O-])nc(Cl)c1I. The lowest BCUT2D eigenvalue weighted by atomic mass is 10.1. The van der Waals surface area contributed by atoms with Crippen LogP contribution in [0.5, 0.6) is 0 Å². The summed E-state index contributed by atoms with van der Waals surface area (Å²) in [6.07, 6.45) is 0.744. The van der Waals surface area contributed by atoms with Crippen molar-refractivity contribution in [3.63, 3.8) is 0 Å². The van der Waals surface area contributed by atoms with Crippen LogP contribution >= 0.6 is 34.2 Å². The Hall–Kier alpha value is -1.28. The number of halogens is 2. The average Bonchev–Trinajstić information content (AvgIpc) is 2.43. The summed E-state index contributed by atoms with van der Waals surface area (Å²) in [6, 6.07) is 6.41. The number of hydrogen-bond donors (Lipinski definition) is 0. The lowest BCUT2D eigenvalue weighted by molar-refractivity contribution is -0.384. The fraction of sp³-hybridized carbons (Fsp3) is 0.286. The molecule has 0 aliphatic rings. The van der Waals surface area contributed by atoms with Crippen LogP contribution in [-0.4, -0.2) is 14.9 Å². The molecule has 1 heterocycles. The Balaban J connectivity index is 2.60. The number of benzene rings is 1. The van der Waals surface area contributed by atoms with Gasteiger partial charge in [-0.1, -0.05) is 37.6 Å². The molecule has 0 bridgehead atoms. The summed E-state index contributed by atoms with van der Waals surface area (Å²) >= 11 is 8.26. The molecule has 0 unspecified atom stereocenters. The van der Waals surface area contributed by atoms with Crippen molar-refractivity contribution in [2.75, 3.05) is 0 Å².